The predicted octanol–water partition coefficient (Wildman–Crippen LogP) is 2.39. The number of nitrogens with zero attached hydrogens (tertiary/aromatic N) is 3. The van der Waals surface area contributed by atoms with E-state index >= 15 is 0 Å². The van der Waals surface area contributed by atoms with E-state index in [0.717, 1.165) is 37.2 Å². The maximum absolute atomic E-state index is 5.33. The van der Waals surface area contributed by atoms with Crippen molar-refractivity contribution in [3.63, 3.8) is 0 Å². The highest BCUT2D eigenvalue weighted by Crippen LogP contribution is 2.27. The van der Waals surface area contributed by atoms with Gasteiger partial charge in [0.05, 0.1) is 17.6 Å². The van der Waals surface area contributed by atoms with Crippen LogP contribution in [0.25, 0.3) is 11.0 Å². The monoisotopic (exact) mass is 314 g/mol. The molecule has 3 rings (SSSR count). The molecule has 23 heavy (non-hydrogen) atoms. The molecule has 1 saturated heterocycles. The van der Waals surface area contributed by atoms with Crippen LogP contribution in [0.1, 0.15) is 31.9 Å². The van der Waals surface area contributed by atoms with E-state index in [1.807, 2.05) is 0 Å². The van der Waals surface area contributed by atoms with E-state index in [9.17, 15) is 0 Å². The van der Waals surface area contributed by atoms with Crippen LogP contribution in [0.3, 0.4) is 0 Å². The molecule has 0 saturated carbocycles. The second kappa shape index (κ2) is 7.34. The quantitative estimate of drug-likeness (QED) is 0.918. The van der Waals surface area contributed by atoms with Gasteiger partial charge in [-0.1, -0.05) is 13.0 Å². The zero-order valence-electron chi connectivity index (χ0n) is 14.2. The summed E-state index contributed by atoms with van der Waals surface area (Å²) in [6, 6.07) is 7.73. The van der Waals surface area contributed by atoms with Gasteiger partial charge in [-0.25, -0.2) is 0 Å². The summed E-state index contributed by atoms with van der Waals surface area (Å²) in [7, 11) is 1.77. The molecule has 1 aliphatic heterocycles. The Kier molecular flexibility index (Phi) is 5.20. The molecule has 5 nitrogen and oxygen atoms in total. The summed E-state index contributed by atoms with van der Waals surface area (Å²) < 4.78 is 5.33. The van der Waals surface area contributed by atoms with E-state index in [1.165, 1.54) is 5.56 Å². The fraction of sp³-hybridized carbons (Fsp3) is 0.556. The van der Waals surface area contributed by atoms with Gasteiger partial charge in [0.2, 0.25) is 0 Å². The normalized spacial score (nSPS) is 24.0. The highest BCUT2D eigenvalue weighted by atomic mass is 16.5. The number of methoxy groups -OCH3 is 1. The van der Waals surface area contributed by atoms with Gasteiger partial charge in [0.1, 0.15) is 0 Å². The molecule has 5 heteroatoms. The summed E-state index contributed by atoms with van der Waals surface area (Å²) in [5.41, 5.74) is 3.22. The Bertz CT molecular complexity index is 648. The number of aromatic nitrogens is 2. The highest BCUT2D eigenvalue weighted by Gasteiger charge is 2.30. The zero-order chi connectivity index (χ0) is 16.2. The van der Waals surface area contributed by atoms with Crippen LogP contribution in [0, 0.1) is 0 Å². The zero-order valence-corrected chi connectivity index (χ0v) is 14.2. The van der Waals surface area contributed by atoms with Crippen molar-refractivity contribution < 1.29 is 4.74 Å². The molecule has 0 spiro atoms. The molecular formula is C18H26N4O. The van der Waals surface area contributed by atoms with Crippen LogP contribution in [0.15, 0.2) is 30.6 Å². The minimum Gasteiger partial charge on any atom is -0.383 e. The Morgan fingerprint density at radius 1 is 1.30 bits per heavy atom. The molecule has 1 fully saturated rings. The van der Waals surface area contributed by atoms with Gasteiger partial charge in [-0.3, -0.25) is 14.9 Å². The fourth-order valence-corrected chi connectivity index (χ4v) is 3.49. The summed E-state index contributed by atoms with van der Waals surface area (Å²) >= 11 is 0. The van der Waals surface area contributed by atoms with Crippen molar-refractivity contribution >= 4 is 11.0 Å². The first kappa shape index (κ1) is 16.3. The first-order chi connectivity index (χ1) is 11.2. The largest absolute Gasteiger partial charge is 0.383 e. The van der Waals surface area contributed by atoms with Crippen LogP contribution in [0.2, 0.25) is 0 Å². The number of piperazine rings is 1. The van der Waals surface area contributed by atoms with Crippen LogP contribution >= 0.6 is 0 Å². The van der Waals surface area contributed by atoms with Gasteiger partial charge in [-0.2, -0.15) is 0 Å². The SMILES string of the molecule is CC[C@@H]1CN[C@@H](COC)CN1C(C)c1ccc2nccnc2c1. The molecular weight excluding hydrogens is 288 g/mol. The molecule has 0 bridgehead atoms. The lowest BCUT2D eigenvalue weighted by molar-refractivity contribution is 0.0551. The summed E-state index contributed by atoms with van der Waals surface area (Å²) in [6.07, 6.45) is 4.64. The molecule has 1 unspecified atom stereocenters. The smallest absolute Gasteiger partial charge is 0.0890 e. The minimum absolute atomic E-state index is 0.354. The van der Waals surface area contributed by atoms with E-state index < -0.39 is 0 Å². The molecule has 1 aromatic carbocycles. The van der Waals surface area contributed by atoms with Crippen molar-refractivity contribution in [2.75, 3.05) is 26.8 Å². The van der Waals surface area contributed by atoms with Crippen molar-refractivity contribution in [1.29, 1.82) is 0 Å². The first-order valence-electron chi connectivity index (χ1n) is 8.41. The Hall–Kier alpha value is -1.56. The summed E-state index contributed by atoms with van der Waals surface area (Å²) in [5.74, 6) is 0. The molecule has 1 aromatic heterocycles. The Morgan fingerprint density at radius 3 is 2.83 bits per heavy atom. The van der Waals surface area contributed by atoms with Crippen molar-refractivity contribution in [2.45, 2.75) is 38.4 Å². The molecule has 0 amide bonds. The number of benzene rings is 1. The van der Waals surface area contributed by atoms with E-state index in [0.29, 0.717) is 18.1 Å². The van der Waals surface area contributed by atoms with Gasteiger partial charge >= 0.3 is 0 Å². The lowest BCUT2D eigenvalue weighted by Crippen LogP contribution is -2.58. The number of rotatable bonds is 5. The van der Waals surface area contributed by atoms with Crippen LogP contribution in [0.4, 0.5) is 0 Å². The maximum Gasteiger partial charge on any atom is 0.0890 e. The van der Waals surface area contributed by atoms with Crippen LogP contribution in [-0.2, 0) is 4.74 Å². The number of ether oxygens (including phenoxy) is 1. The van der Waals surface area contributed by atoms with Gasteiger partial charge in [-0.15, -0.1) is 0 Å². The molecule has 2 aromatic rings. The van der Waals surface area contributed by atoms with E-state index in [2.05, 4.69) is 52.2 Å². The summed E-state index contributed by atoms with van der Waals surface area (Å²) in [4.78, 5) is 11.4. The van der Waals surface area contributed by atoms with Crippen molar-refractivity contribution in [2.24, 2.45) is 0 Å². The van der Waals surface area contributed by atoms with Gasteiger partial charge in [0.15, 0.2) is 0 Å². The molecule has 1 aliphatic rings. The highest BCUT2D eigenvalue weighted by molar-refractivity contribution is 5.74. The average Bonchev–Trinajstić information content (AvgIpc) is 2.61. The van der Waals surface area contributed by atoms with Crippen molar-refractivity contribution in [3.05, 3.63) is 36.2 Å². The third-order valence-corrected chi connectivity index (χ3v) is 4.85. The number of hydrogen-bond acceptors (Lipinski definition) is 5. The number of fused-ring (bicyclic) bond motifs is 1. The molecule has 1 N–H and O–H groups in total. The van der Waals surface area contributed by atoms with E-state index in [4.69, 9.17) is 4.74 Å². The topological polar surface area (TPSA) is 50.3 Å². The molecule has 3 atom stereocenters. The van der Waals surface area contributed by atoms with Crippen LogP contribution in [-0.4, -0.2) is 53.8 Å². The Morgan fingerprint density at radius 2 is 2.09 bits per heavy atom. The van der Waals surface area contributed by atoms with Crippen molar-refractivity contribution in [3.8, 4) is 0 Å². The number of nitrogens with one attached hydrogen (secondary N) is 1. The summed E-state index contributed by atoms with van der Waals surface area (Å²) in [5, 5.41) is 3.60. The average molecular weight is 314 g/mol. The molecule has 0 aliphatic carbocycles. The summed E-state index contributed by atoms with van der Waals surface area (Å²) in [6.45, 7) is 7.32. The minimum atomic E-state index is 0.354. The standard InChI is InChI=1S/C18H26N4O/c1-4-16-10-21-15(12-23-3)11-22(16)13(2)14-5-6-17-18(9-14)20-8-7-19-17/h5-9,13,15-16,21H,4,10-12H2,1-3H3/t13?,15-,16-/m1/s1. The van der Waals surface area contributed by atoms with Gasteiger partial charge in [-0.05, 0) is 31.0 Å². The Labute approximate surface area is 138 Å². The van der Waals surface area contributed by atoms with Crippen molar-refractivity contribution in [1.82, 2.24) is 20.2 Å². The maximum atomic E-state index is 5.33. The second-order valence-corrected chi connectivity index (χ2v) is 6.30. The molecule has 2 heterocycles. The van der Waals surface area contributed by atoms with Crippen LogP contribution in [0.5, 0.6) is 0 Å². The Balaban J connectivity index is 1.84. The lowest BCUT2D eigenvalue weighted by atomic mass is 9.99. The second-order valence-electron chi connectivity index (χ2n) is 6.30. The van der Waals surface area contributed by atoms with Gasteiger partial charge in [0.25, 0.3) is 0 Å². The van der Waals surface area contributed by atoms with E-state index in [1.54, 1.807) is 19.5 Å². The van der Waals surface area contributed by atoms with Gasteiger partial charge < -0.3 is 10.1 Å². The van der Waals surface area contributed by atoms with Gasteiger partial charge in [0, 0.05) is 50.7 Å². The third kappa shape index (κ3) is 3.52. The first-order valence-corrected chi connectivity index (χ1v) is 8.41. The number of hydrogen-bond donors (Lipinski definition) is 1. The third-order valence-electron chi connectivity index (χ3n) is 4.85. The fourth-order valence-electron chi connectivity index (χ4n) is 3.49. The molecule has 124 valence electrons. The molecule has 0 radical (unpaired) electrons. The lowest BCUT2D eigenvalue weighted by Gasteiger charge is -2.43. The predicted molar refractivity (Wildman–Crippen MR) is 92.4 cm³/mol. The van der Waals surface area contributed by atoms with Crippen LogP contribution < -0.4 is 5.32 Å². The van der Waals surface area contributed by atoms with E-state index in [-0.39, 0.29) is 0 Å².